The van der Waals surface area contributed by atoms with Crippen LogP contribution in [0.2, 0.25) is 5.02 Å². The lowest BCUT2D eigenvalue weighted by Gasteiger charge is -2.29. The van der Waals surface area contributed by atoms with E-state index >= 15 is 0 Å². The minimum atomic E-state index is -0.934. The van der Waals surface area contributed by atoms with E-state index in [0.717, 1.165) is 48.6 Å². The Labute approximate surface area is 241 Å². The molecule has 0 saturated carbocycles. The summed E-state index contributed by atoms with van der Waals surface area (Å²) < 4.78 is 16.2. The van der Waals surface area contributed by atoms with Gasteiger partial charge in [-0.15, -0.1) is 11.3 Å². The summed E-state index contributed by atoms with van der Waals surface area (Å²) in [7, 11) is 3.62. The average molecular weight is 578 g/mol. The van der Waals surface area contributed by atoms with E-state index in [-0.39, 0.29) is 12.2 Å². The highest BCUT2D eigenvalue weighted by Gasteiger charge is 2.33. The molecule has 2 aromatic heterocycles. The summed E-state index contributed by atoms with van der Waals surface area (Å²) in [5.74, 6) is -0.435. The lowest BCUT2D eigenvalue weighted by atomic mass is 9.91. The molecule has 0 radical (unpaired) electrons. The zero-order valence-corrected chi connectivity index (χ0v) is 25.2. The van der Waals surface area contributed by atoms with Crippen molar-refractivity contribution >= 4 is 50.0 Å². The van der Waals surface area contributed by atoms with Gasteiger partial charge in [-0.05, 0) is 76.1 Å². The molecule has 0 aliphatic carbocycles. The van der Waals surface area contributed by atoms with Gasteiger partial charge in [-0.1, -0.05) is 29.8 Å². The SMILES string of the molecule is CCOC(=O)[C@@H](OC(C)(C)C)c1c(C)cc2nc(-c3ccc4c(=O)n(C)n(C)c4c3)sc2c1-c1ccc(Cl)cc1. The Balaban J connectivity index is 1.79. The summed E-state index contributed by atoms with van der Waals surface area (Å²) in [6.45, 7) is 9.77. The van der Waals surface area contributed by atoms with Crippen molar-refractivity contribution in [2.45, 2.75) is 46.3 Å². The van der Waals surface area contributed by atoms with E-state index in [1.165, 1.54) is 11.3 Å². The maximum Gasteiger partial charge on any atom is 0.339 e. The van der Waals surface area contributed by atoms with Crippen LogP contribution in [0.4, 0.5) is 0 Å². The topological polar surface area (TPSA) is 75.4 Å². The molecule has 0 aliphatic heterocycles. The summed E-state index contributed by atoms with van der Waals surface area (Å²) >= 11 is 7.79. The first-order chi connectivity index (χ1) is 18.9. The lowest BCUT2D eigenvalue weighted by Crippen LogP contribution is -2.29. The van der Waals surface area contributed by atoms with Gasteiger partial charge in [-0.2, -0.15) is 0 Å². The molecule has 2 heterocycles. The van der Waals surface area contributed by atoms with Gasteiger partial charge in [0.05, 0.1) is 33.3 Å². The Morgan fingerprint density at radius 3 is 2.38 bits per heavy atom. The van der Waals surface area contributed by atoms with Crippen LogP contribution >= 0.6 is 22.9 Å². The van der Waals surface area contributed by atoms with Crippen molar-refractivity contribution in [3.05, 3.63) is 75.0 Å². The fourth-order valence-corrected chi connectivity index (χ4v) is 6.20. The molecule has 5 rings (SSSR count). The van der Waals surface area contributed by atoms with E-state index in [0.29, 0.717) is 10.4 Å². The van der Waals surface area contributed by atoms with E-state index in [4.69, 9.17) is 26.1 Å². The van der Waals surface area contributed by atoms with Crippen molar-refractivity contribution in [2.75, 3.05) is 6.61 Å². The number of carbonyl (C=O) groups is 1. The third-order valence-corrected chi connectivity index (χ3v) is 8.25. The molecule has 7 nitrogen and oxygen atoms in total. The summed E-state index contributed by atoms with van der Waals surface area (Å²) in [6.07, 6.45) is -0.934. The van der Waals surface area contributed by atoms with E-state index in [1.54, 1.807) is 18.7 Å². The standard InChI is InChI=1S/C31H32ClN3O4S/c1-8-38-30(37)26(39-31(3,4)5)24-17(2)15-22-27(25(24)18-9-12-20(32)13-10-18)40-28(33-22)19-11-14-21-23(16-19)34(6)35(7)29(21)36/h9-16,26H,8H2,1-7H3/t26-/m0/s1. The van der Waals surface area contributed by atoms with Gasteiger partial charge in [-0.3, -0.25) is 14.2 Å². The monoisotopic (exact) mass is 577 g/mol. The summed E-state index contributed by atoms with van der Waals surface area (Å²) in [6, 6.07) is 15.4. The molecule has 5 aromatic rings. The second-order valence-corrected chi connectivity index (χ2v) is 12.2. The molecular formula is C31H32ClN3O4S. The third-order valence-electron chi connectivity index (χ3n) is 6.86. The van der Waals surface area contributed by atoms with E-state index < -0.39 is 17.7 Å². The first-order valence-electron chi connectivity index (χ1n) is 13.1. The normalized spacial score (nSPS) is 12.8. The number of halogens is 1. The van der Waals surface area contributed by atoms with Crippen molar-refractivity contribution < 1.29 is 14.3 Å². The molecule has 9 heteroatoms. The van der Waals surface area contributed by atoms with Crippen molar-refractivity contribution in [2.24, 2.45) is 14.1 Å². The maximum absolute atomic E-state index is 13.3. The molecule has 0 saturated heterocycles. The Morgan fingerprint density at radius 1 is 1.05 bits per heavy atom. The molecule has 0 aliphatic rings. The van der Waals surface area contributed by atoms with Crippen LogP contribution in [0.25, 0.3) is 42.8 Å². The number of rotatable bonds is 6. The van der Waals surface area contributed by atoms with Gasteiger partial charge in [0.15, 0.2) is 6.10 Å². The molecule has 208 valence electrons. The van der Waals surface area contributed by atoms with Crippen LogP contribution in [0.1, 0.15) is 44.9 Å². The van der Waals surface area contributed by atoms with Crippen molar-refractivity contribution in [3.63, 3.8) is 0 Å². The number of nitrogens with zero attached hydrogens (tertiary/aromatic N) is 3. The maximum atomic E-state index is 13.3. The van der Waals surface area contributed by atoms with Gasteiger partial charge in [-0.25, -0.2) is 9.78 Å². The fourth-order valence-electron chi connectivity index (χ4n) is 4.96. The number of aryl methyl sites for hydroxylation is 2. The van der Waals surface area contributed by atoms with Crippen molar-refractivity contribution in [1.82, 2.24) is 14.3 Å². The van der Waals surface area contributed by atoms with Gasteiger partial charge in [0.2, 0.25) is 0 Å². The summed E-state index contributed by atoms with van der Waals surface area (Å²) in [4.78, 5) is 30.9. The Kier molecular flexibility index (Phi) is 7.37. The molecule has 1 atom stereocenters. The number of esters is 1. The van der Waals surface area contributed by atoms with Gasteiger partial charge in [0, 0.05) is 35.8 Å². The van der Waals surface area contributed by atoms with Crippen LogP contribution < -0.4 is 5.56 Å². The summed E-state index contributed by atoms with van der Waals surface area (Å²) in [5.41, 5.74) is 5.30. The highest BCUT2D eigenvalue weighted by molar-refractivity contribution is 7.22. The van der Waals surface area contributed by atoms with Gasteiger partial charge in [0.25, 0.3) is 5.56 Å². The number of carbonyl (C=O) groups excluding carboxylic acids is 1. The number of hydrogen-bond acceptors (Lipinski definition) is 6. The molecule has 40 heavy (non-hydrogen) atoms. The van der Waals surface area contributed by atoms with Crippen LogP contribution in [-0.4, -0.2) is 32.5 Å². The van der Waals surface area contributed by atoms with Crippen LogP contribution in [0.15, 0.2) is 53.3 Å². The van der Waals surface area contributed by atoms with Gasteiger partial charge >= 0.3 is 5.97 Å². The van der Waals surface area contributed by atoms with Crippen LogP contribution in [0, 0.1) is 6.92 Å². The van der Waals surface area contributed by atoms with Crippen molar-refractivity contribution in [1.29, 1.82) is 0 Å². The predicted octanol–water partition coefficient (Wildman–Crippen LogP) is 7.20. The largest absolute Gasteiger partial charge is 0.464 e. The van der Waals surface area contributed by atoms with E-state index in [9.17, 15) is 9.59 Å². The fraction of sp³-hybridized carbons (Fsp3) is 0.323. The zero-order chi connectivity index (χ0) is 28.9. The number of ether oxygens (including phenoxy) is 2. The molecule has 0 bridgehead atoms. The second-order valence-electron chi connectivity index (χ2n) is 10.8. The smallest absolute Gasteiger partial charge is 0.339 e. The molecule has 0 spiro atoms. The van der Waals surface area contributed by atoms with Gasteiger partial charge in [0.1, 0.15) is 5.01 Å². The Morgan fingerprint density at radius 2 is 1.73 bits per heavy atom. The highest BCUT2D eigenvalue weighted by Crippen LogP contribution is 2.44. The second kappa shape index (κ2) is 10.5. The molecule has 3 aromatic carbocycles. The number of benzene rings is 3. The van der Waals surface area contributed by atoms with Crippen LogP contribution in [0.5, 0.6) is 0 Å². The molecular weight excluding hydrogens is 546 g/mol. The van der Waals surface area contributed by atoms with Crippen LogP contribution in [-0.2, 0) is 28.4 Å². The minimum absolute atomic E-state index is 0.0394. The molecule has 0 fully saturated rings. The predicted molar refractivity (Wildman–Crippen MR) is 162 cm³/mol. The Bertz CT molecular complexity index is 1810. The number of thiazole rings is 1. The zero-order valence-electron chi connectivity index (χ0n) is 23.7. The minimum Gasteiger partial charge on any atom is -0.464 e. The quantitative estimate of drug-likeness (QED) is 0.199. The van der Waals surface area contributed by atoms with Gasteiger partial charge < -0.3 is 9.47 Å². The van der Waals surface area contributed by atoms with Crippen LogP contribution in [0.3, 0.4) is 0 Å². The summed E-state index contributed by atoms with van der Waals surface area (Å²) in [5, 5.41) is 2.09. The highest BCUT2D eigenvalue weighted by atomic mass is 35.5. The number of hydrogen-bond donors (Lipinski definition) is 0. The number of aromatic nitrogens is 3. The molecule has 0 unspecified atom stereocenters. The van der Waals surface area contributed by atoms with E-state index in [2.05, 4.69) is 0 Å². The van der Waals surface area contributed by atoms with E-state index in [1.807, 2.05) is 88.0 Å². The molecule has 0 amide bonds. The average Bonchev–Trinajstić information content (AvgIpc) is 3.41. The lowest BCUT2D eigenvalue weighted by molar-refractivity contribution is -0.166. The third kappa shape index (κ3) is 5.07. The number of fused-ring (bicyclic) bond motifs is 2. The van der Waals surface area contributed by atoms with Crippen molar-refractivity contribution in [3.8, 4) is 21.7 Å². The first kappa shape index (κ1) is 28.1. The first-order valence-corrected chi connectivity index (χ1v) is 14.3. The Hall–Kier alpha value is -3.46. The molecule has 0 N–H and O–H groups in total.